The number of Topliss-reactive ketones (excluding diaryl/α,β-unsaturated/α-hetero) is 1. The van der Waals surface area contributed by atoms with Crippen LogP contribution in [-0.4, -0.2) is 17.7 Å². The van der Waals surface area contributed by atoms with E-state index >= 15 is 0 Å². The van der Waals surface area contributed by atoms with Gasteiger partial charge in [-0.15, -0.1) is 0 Å². The highest BCUT2D eigenvalue weighted by Gasteiger charge is 2.22. The van der Waals surface area contributed by atoms with Crippen molar-refractivity contribution in [1.29, 1.82) is 0 Å². The molecule has 1 aliphatic heterocycles. The molecule has 3 rings (SSSR count). The third-order valence-electron chi connectivity index (χ3n) is 4.29. The first kappa shape index (κ1) is 16.2. The van der Waals surface area contributed by atoms with Gasteiger partial charge in [0.1, 0.15) is 0 Å². The van der Waals surface area contributed by atoms with E-state index in [1.165, 1.54) is 5.56 Å². The molecule has 1 heterocycles. The number of benzene rings is 2. The number of carbonyl (C=O) groups excluding carboxylic acids is 2. The molecule has 24 heavy (non-hydrogen) atoms. The zero-order chi connectivity index (χ0) is 17.1. The van der Waals surface area contributed by atoms with Crippen molar-refractivity contribution in [2.75, 3.05) is 10.6 Å². The van der Waals surface area contributed by atoms with Crippen LogP contribution in [0.3, 0.4) is 0 Å². The summed E-state index contributed by atoms with van der Waals surface area (Å²) in [5.74, 6) is 0.0185. The summed E-state index contributed by atoms with van der Waals surface area (Å²) >= 11 is 0. The first-order valence-corrected chi connectivity index (χ1v) is 8.37. The van der Waals surface area contributed by atoms with Gasteiger partial charge in [0.25, 0.3) is 0 Å². The molecular weight excluding hydrogens is 300 g/mol. The number of rotatable bonds is 4. The number of nitrogens with one attached hydrogen (secondary N) is 2. The number of hydrogen-bond donors (Lipinski definition) is 2. The van der Waals surface area contributed by atoms with Gasteiger partial charge in [-0.1, -0.05) is 37.3 Å². The minimum Gasteiger partial charge on any atom is -0.380 e. The van der Waals surface area contributed by atoms with Crippen molar-refractivity contribution in [2.24, 2.45) is 0 Å². The Labute approximate surface area is 142 Å². The molecule has 0 aromatic heterocycles. The van der Waals surface area contributed by atoms with Gasteiger partial charge in [-0.2, -0.15) is 0 Å². The first-order valence-electron chi connectivity index (χ1n) is 8.37. The summed E-state index contributed by atoms with van der Waals surface area (Å²) in [5.41, 5.74) is 4.28. The number of anilines is 2. The predicted molar refractivity (Wildman–Crippen MR) is 96.6 cm³/mol. The van der Waals surface area contributed by atoms with Crippen molar-refractivity contribution in [3.8, 4) is 0 Å². The summed E-state index contributed by atoms with van der Waals surface area (Å²) in [6, 6.07) is 13.6. The first-order chi connectivity index (χ1) is 11.6. The Morgan fingerprint density at radius 2 is 1.92 bits per heavy atom. The van der Waals surface area contributed by atoms with Crippen LogP contribution in [0, 0.1) is 0 Å². The minimum atomic E-state index is -0.0333. The lowest BCUT2D eigenvalue weighted by Crippen LogP contribution is -2.19. The van der Waals surface area contributed by atoms with Gasteiger partial charge >= 0.3 is 0 Å². The van der Waals surface area contributed by atoms with Gasteiger partial charge in [0.15, 0.2) is 5.78 Å². The van der Waals surface area contributed by atoms with Crippen LogP contribution >= 0.6 is 0 Å². The van der Waals surface area contributed by atoms with Crippen molar-refractivity contribution in [2.45, 2.75) is 39.2 Å². The molecule has 0 bridgehead atoms. The molecule has 1 amide bonds. The van der Waals surface area contributed by atoms with E-state index in [4.69, 9.17) is 0 Å². The maximum Gasteiger partial charge on any atom is 0.226 e. The van der Waals surface area contributed by atoms with E-state index in [1.54, 1.807) is 0 Å². The fraction of sp³-hybridized carbons (Fsp3) is 0.300. The highest BCUT2D eigenvalue weighted by molar-refractivity contribution is 6.07. The molecule has 0 radical (unpaired) electrons. The SMILES string of the molecule is CCc1cccc(CC(=O)c2cccc3c2NC(C)CC(=O)N3)c1. The molecule has 1 unspecified atom stereocenters. The molecule has 2 aromatic rings. The molecule has 0 fully saturated rings. The third kappa shape index (κ3) is 3.48. The number of amides is 1. The van der Waals surface area contributed by atoms with Crippen LogP contribution in [0.5, 0.6) is 0 Å². The molecule has 0 aliphatic carbocycles. The van der Waals surface area contributed by atoms with Crippen LogP contribution < -0.4 is 10.6 Å². The molecule has 1 aliphatic rings. The molecule has 0 spiro atoms. The number of para-hydroxylation sites is 1. The Bertz CT molecular complexity index is 783. The standard InChI is InChI=1S/C20H22N2O2/c1-3-14-6-4-7-15(11-14)12-18(23)16-8-5-9-17-20(16)21-13(2)10-19(24)22-17/h4-9,11,13,21H,3,10,12H2,1-2H3,(H,22,24). The summed E-state index contributed by atoms with van der Waals surface area (Å²) in [4.78, 5) is 24.7. The van der Waals surface area contributed by atoms with Gasteiger partial charge in [-0.05, 0) is 36.6 Å². The third-order valence-corrected chi connectivity index (χ3v) is 4.29. The second-order valence-electron chi connectivity index (χ2n) is 6.30. The van der Waals surface area contributed by atoms with E-state index in [0.29, 0.717) is 24.1 Å². The van der Waals surface area contributed by atoms with Gasteiger partial charge in [0.05, 0.1) is 11.4 Å². The monoisotopic (exact) mass is 322 g/mol. The Kier molecular flexibility index (Phi) is 4.65. The van der Waals surface area contributed by atoms with E-state index in [2.05, 4.69) is 29.7 Å². The molecular formula is C20H22N2O2. The summed E-state index contributed by atoms with van der Waals surface area (Å²) in [6.07, 6.45) is 1.70. The lowest BCUT2D eigenvalue weighted by Gasteiger charge is -2.16. The van der Waals surface area contributed by atoms with Gasteiger partial charge in [-0.25, -0.2) is 0 Å². The lowest BCUT2D eigenvalue weighted by atomic mass is 9.98. The number of carbonyl (C=O) groups is 2. The minimum absolute atomic E-state index is 0.0105. The Balaban J connectivity index is 1.90. The van der Waals surface area contributed by atoms with Gasteiger partial charge in [0.2, 0.25) is 5.91 Å². The Morgan fingerprint density at radius 3 is 2.71 bits per heavy atom. The lowest BCUT2D eigenvalue weighted by molar-refractivity contribution is -0.116. The van der Waals surface area contributed by atoms with E-state index in [-0.39, 0.29) is 17.7 Å². The van der Waals surface area contributed by atoms with Gasteiger partial charge < -0.3 is 10.6 Å². The summed E-state index contributed by atoms with van der Waals surface area (Å²) in [6.45, 7) is 4.05. The maximum atomic E-state index is 12.8. The molecule has 4 heteroatoms. The van der Waals surface area contributed by atoms with Crippen molar-refractivity contribution in [3.05, 3.63) is 59.2 Å². The summed E-state index contributed by atoms with van der Waals surface area (Å²) in [5, 5.41) is 6.18. The normalized spacial score (nSPS) is 16.6. The fourth-order valence-electron chi connectivity index (χ4n) is 3.06. The van der Waals surface area contributed by atoms with Crippen LogP contribution in [0.15, 0.2) is 42.5 Å². The summed E-state index contributed by atoms with van der Waals surface area (Å²) in [7, 11) is 0. The second kappa shape index (κ2) is 6.87. The van der Waals surface area contributed by atoms with Crippen molar-refractivity contribution in [1.82, 2.24) is 0 Å². The van der Waals surface area contributed by atoms with Crippen LogP contribution in [0.1, 0.15) is 41.8 Å². The van der Waals surface area contributed by atoms with Crippen LogP contribution in [0.4, 0.5) is 11.4 Å². The van der Waals surface area contributed by atoms with Gasteiger partial charge in [0, 0.05) is 24.4 Å². The highest BCUT2D eigenvalue weighted by Crippen LogP contribution is 2.30. The fourth-order valence-corrected chi connectivity index (χ4v) is 3.06. The van der Waals surface area contributed by atoms with Gasteiger partial charge in [-0.3, -0.25) is 9.59 Å². The predicted octanol–water partition coefficient (Wildman–Crippen LogP) is 3.82. The number of fused-ring (bicyclic) bond motifs is 1. The molecule has 0 saturated carbocycles. The van der Waals surface area contributed by atoms with Crippen molar-refractivity contribution in [3.63, 3.8) is 0 Å². The second-order valence-corrected chi connectivity index (χ2v) is 6.30. The Hall–Kier alpha value is -2.62. The largest absolute Gasteiger partial charge is 0.380 e. The van der Waals surface area contributed by atoms with Crippen molar-refractivity contribution < 1.29 is 9.59 Å². The zero-order valence-electron chi connectivity index (χ0n) is 14.1. The van der Waals surface area contributed by atoms with Crippen molar-refractivity contribution >= 4 is 23.1 Å². The zero-order valence-corrected chi connectivity index (χ0v) is 14.1. The highest BCUT2D eigenvalue weighted by atomic mass is 16.1. The van der Waals surface area contributed by atoms with E-state index in [0.717, 1.165) is 17.7 Å². The van der Waals surface area contributed by atoms with Crippen LogP contribution in [0.2, 0.25) is 0 Å². The average molecular weight is 322 g/mol. The van der Waals surface area contributed by atoms with E-state index in [9.17, 15) is 9.59 Å². The van der Waals surface area contributed by atoms with E-state index < -0.39 is 0 Å². The number of hydrogen-bond acceptors (Lipinski definition) is 3. The Morgan fingerprint density at radius 1 is 1.17 bits per heavy atom. The number of ketones is 1. The number of aryl methyl sites for hydroxylation is 1. The van der Waals surface area contributed by atoms with Crippen LogP contribution in [-0.2, 0) is 17.6 Å². The molecule has 2 aromatic carbocycles. The summed E-state index contributed by atoms with van der Waals surface area (Å²) < 4.78 is 0. The maximum absolute atomic E-state index is 12.8. The quantitative estimate of drug-likeness (QED) is 0.841. The molecule has 1 atom stereocenters. The molecule has 124 valence electrons. The smallest absolute Gasteiger partial charge is 0.226 e. The molecule has 0 saturated heterocycles. The molecule has 2 N–H and O–H groups in total. The van der Waals surface area contributed by atoms with E-state index in [1.807, 2.05) is 37.3 Å². The molecule has 4 nitrogen and oxygen atoms in total. The average Bonchev–Trinajstić information content (AvgIpc) is 2.70. The topological polar surface area (TPSA) is 58.2 Å². The van der Waals surface area contributed by atoms with Crippen LogP contribution in [0.25, 0.3) is 0 Å².